The minimum atomic E-state index is -0.394. The highest BCUT2D eigenvalue weighted by Crippen LogP contribution is 2.60. The number of fused-ring (bicyclic) bond motifs is 1. The molecule has 3 aromatic rings. The molecule has 1 aromatic carbocycles. The number of ether oxygens (including phenoxy) is 1. The Labute approximate surface area is 192 Å². The zero-order valence-electron chi connectivity index (χ0n) is 18.4. The van der Waals surface area contributed by atoms with Crippen LogP contribution >= 0.6 is 0 Å². The van der Waals surface area contributed by atoms with Crippen LogP contribution < -0.4 is 11.1 Å². The maximum Gasteiger partial charge on any atom is 0.342 e. The molecule has 1 amide bonds. The predicted octanol–water partition coefficient (Wildman–Crippen LogP) is 4.01. The monoisotopic (exact) mass is 444 g/mol. The van der Waals surface area contributed by atoms with Crippen molar-refractivity contribution in [1.29, 1.82) is 0 Å². The second kappa shape index (κ2) is 7.61. The summed E-state index contributed by atoms with van der Waals surface area (Å²) in [6.07, 6.45) is 8.26. The SMILES string of the molecule is NC(=O)C12CC3CC(C1)C(Nc1c(C(=O)OCc4ccccc4)cnc4[nH]ccc14)C(C3)C2. The van der Waals surface area contributed by atoms with Crippen LogP contribution in [0.1, 0.15) is 48.0 Å². The first-order valence-corrected chi connectivity index (χ1v) is 11.8. The highest BCUT2D eigenvalue weighted by molar-refractivity contribution is 6.04. The molecule has 4 bridgehead atoms. The predicted molar refractivity (Wildman–Crippen MR) is 124 cm³/mol. The molecule has 4 aliphatic carbocycles. The quantitative estimate of drug-likeness (QED) is 0.498. The van der Waals surface area contributed by atoms with Crippen molar-refractivity contribution < 1.29 is 14.3 Å². The van der Waals surface area contributed by atoms with Gasteiger partial charge in [0.2, 0.25) is 5.91 Å². The van der Waals surface area contributed by atoms with Crippen LogP contribution in [0.3, 0.4) is 0 Å². The fraction of sp³-hybridized carbons (Fsp3) is 0.423. The smallest absolute Gasteiger partial charge is 0.342 e. The number of nitrogens with one attached hydrogen (secondary N) is 2. The van der Waals surface area contributed by atoms with Crippen molar-refractivity contribution in [1.82, 2.24) is 9.97 Å². The van der Waals surface area contributed by atoms with Gasteiger partial charge in [-0.25, -0.2) is 9.78 Å². The average Bonchev–Trinajstić information content (AvgIpc) is 3.29. The van der Waals surface area contributed by atoms with Crippen LogP contribution in [0.2, 0.25) is 0 Å². The number of amides is 1. The van der Waals surface area contributed by atoms with Crippen molar-refractivity contribution in [3.63, 3.8) is 0 Å². The molecule has 2 aromatic heterocycles. The topological polar surface area (TPSA) is 110 Å². The molecule has 4 N–H and O–H groups in total. The number of hydrogen-bond acceptors (Lipinski definition) is 5. The second-order valence-electron chi connectivity index (χ2n) is 10.1. The molecule has 2 atom stereocenters. The van der Waals surface area contributed by atoms with Crippen LogP contribution in [0.4, 0.5) is 5.69 Å². The fourth-order valence-corrected chi connectivity index (χ4v) is 6.85. The van der Waals surface area contributed by atoms with Gasteiger partial charge in [0.1, 0.15) is 17.8 Å². The molecular weight excluding hydrogens is 416 g/mol. The lowest BCUT2D eigenvalue weighted by molar-refractivity contribution is -0.143. The maximum absolute atomic E-state index is 13.1. The zero-order valence-corrected chi connectivity index (χ0v) is 18.4. The average molecular weight is 445 g/mol. The van der Waals surface area contributed by atoms with Crippen molar-refractivity contribution in [3.8, 4) is 0 Å². The Kier molecular flexibility index (Phi) is 4.67. The van der Waals surface area contributed by atoms with E-state index in [2.05, 4.69) is 15.3 Å². The van der Waals surface area contributed by atoms with E-state index in [0.29, 0.717) is 23.3 Å². The molecule has 0 radical (unpaired) electrons. The first kappa shape index (κ1) is 20.3. The number of nitrogens with zero attached hydrogens (tertiary/aromatic N) is 1. The number of H-pyrrole nitrogens is 1. The van der Waals surface area contributed by atoms with Gasteiger partial charge in [0.15, 0.2) is 0 Å². The van der Waals surface area contributed by atoms with Gasteiger partial charge in [-0.15, -0.1) is 0 Å². The standard InChI is InChI=1S/C26H28N4O3/c27-25(32)26-10-16-8-17(11-26)21(18(9-16)12-26)30-22-19-6-7-28-23(19)29-13-20(22)24(31)33-14-15-4-2-1-3-5-15/h1-7,13,16-18,21H,8-12,14H2,(H2,27,32)(H2,28,29,30). The van der Waals surface area contributed by atoms with Gasteiger partial charge < -0.3 is 20.8 Å². The lowest BCUT2D eigenvalue weighted by atomic mass is 9.47. The summed E-state index contributed by atoms with van der Waals surface area (Å²) in [5.41, 5.74) is 8.40. The summed E-state index contributed by atoms with van der Waals surface area (Å²) in [4.78, 5) is 33.0. The summed E-state index contributed by atoms with van der Waals surface area (Å²) in [5, 5.41) is 4.62. The van der Waals surface area contributed by atoms with Crippen molar-refractivity contribution in [3.05, 3.63) is 59.9 Å². The molecule has 4 fully saturated rings. The third-order valence-electron chi connectivity index (χ3n) is 8.13. The molecule has 0 saturated heterocycles. The van der Waals surface area contributed by atoms with Gasteiger partial charge in [-0.3, -0.25) is 4.79 Å². The molecule has 2 heterocycles. The summed E-state index contributed by atoms with van der Waals surface area (Å²) in [6, 6.07) is 11.8. The molecule has 2 unspecified atom stereocenters. The van der Waals surface area contributed by atoms with E-state index < -0.39 is 5.97 Å². The Hall–Kier alpha value is -3.35. The summed E-state index contributed by atoms with van der Waals surface area (Å²) < 4.78 is 5.64. The number of hydrogen-bond donors (Lipinski definition) is 3. The van der Waals surface area contributed by atoms with Gasteiger partial charge in [0, 0.05) is 29.2 Å². The van der Waals surface area contributed by atoms with Crippen molar-refractivity contribution in [2.75, 3.05) is 5.32 Å². The van der Waals surface area contributed by atoms with Crippen LogP contribution in [-0.2, 0) is 16.1 Å². The molecule has 7 heteroatoms. The normalized spacial score (nSPS) is 29.8. The largest absolute Gasteiger partial charge is 0.457 e. The first-order chi connectivity index (χ1) is 16.0. The van der Waals surface area contributed by atoms with Gasteiger partial charge in [-0.2, -0.15) is 0 Å². The number of aromatic amines is 1. The molecule has 170 valence electrons. The number of benzene rings is 1. The van der Waals surface area contributed by atoms with E-state index in [1.165, 1.54) is 0 Å². The Balaban J connectivity index is 1.29. The Bertz CT molecular complexity index is 1200. The number of esters is 1. The number of primary amides is 1. The number of nitrogens with two attached hydrogens (primary N) is 1. The summed E-state index contributed by atoms with van der Waals surface area (Å²) in [6.45, 7) is 0.210. The number of anilines is 1. The summed E-state index contributed by atoms with van der Waals surface area (Å²) in [5.74, 6) is 0.795. The van der Waals surface area contributed by atoms with Gasteiger partial charge in [0.05, 0.1) is 5.69 Å². The van der Waals surface area contributed by atoms with Gasteiger partial charge in [-0.05, 0) is 61.5 Å². The third-order valence-corrected chi connectivity index (χ3v) is 8.13. The molecule has 7 nitrogen and oxygen atoms in total. The number of carbonyl (C=O) groups is 2. The molecule has 33 heavy (non-hydrogen) atoms. The van der Waals surface area contributed by atoms with Crippen molar-refractivity contribution in [2.45, 2.75) is 44.8 Å². The molecule has 0 aliphatic heterocycles. The number of aromatic nitrogens is 2. The fourth-order valence-electron chi connectivity index (χ4n) is 6.85. The maximum atomic E-state index is 13.1. The minimum Gasteiger partial charge on any atom is -0.457 e. The lowest BCUT2D eigenvalue weighted by Crippen LogP contribution is -2.59. The van der Waals surface area contributed by atoms with Gasteiger partial charge in [-0.1, -0.05) is 30.3 Å². The van der Waals surface area contributed by atoms with E-state index in [1.807, 2.05) is 42.6 Å². The third kappa shape index (κ3) is 3.37. The van der Waals surface area contributed by atoms with Gasteiger partial charge >= 0.3 is 5.97 Å². The van der Waals surface area contributed by atoms with Crippen LogP contribution in [-0.4, -0.2) is 27.9 Å². The Morgan fingerprint density at radius 2 is 1.88 bits per heavy atom. The van der Waals surface area contributed by atoms with Crippen LogP contribution in [0, 0.1) is 23.2 Å². The molecule has 4 aliphatic rings. The highest BCUT2D eigenvalue weighted by atomic mass is 16.5. The van der Waals surface area contributed by atoms with E-state index >= 15 is 0 Å². The van der Waals surface area contributed by atoms with E-state index in [-0.39, 0.29) is 24.0 Å². The van der Waals surface area contributed by atoms with Crippen LogP contribution in [0.5, 0.6) is 0 Å². The Morgan fingerprint density at radius 3 is 2.61 bits per heavy atom. The first-order valence-electron chi connectivity index (χ1n) is 11.8. The van der Waals surface area contributed by atoms with E-state index in [0.717, 1.165) is 54.4 Å². The summed E-state index contributed by atoms with van der Waals surface area (Å²) in [7, 11) is 0. The van der Waals surface area contributed by atoms with Crippen LogP contribution in [0.15, 0.2) is 48.8 Å². The van der Waals surface area contributed by atoms with Crippen molar-refractivity contribution >= 4 is 28.6 Å². The lowest BCUT2D eigenvalue weighted by Gasteiger charge is -2.59. The highest BCUT2D eigenvalue weighted by Gasteiger charge is 2.58. The zero-order chi connectivity index (χ0) is 22.6. The Morgan fingerprint density at radius 1 is 1.12 bits per heavy atom. The molecular formula is C26H28N4O3. The van der Waals surface area contributed by atoms with Crippen LogP contribution in [0.25, 0.3) is 11.0 Å². The minimum absolute atomic E-state index is 0.137. The second-order valence-corrected chi connectivity index (χ2v) is 10.1. The van der Waals surface area contributed by atoms with E-state index in [1.54, 1.807) is 6.20 Å². The number of carbonyl (C=O) groups excluding carboxylic acids is 2. The van der Waals surface area contributed by atoms with E-state index in [4.69, 9.17) is 10.5 Å². The molecule has 4 saturated carbocycles. The molecule has 0 spiro atoms. The van der Waals surface area contributed by atoms with Gasteiger partial charge in [0.25, 0.3) is 0 Å². The van der Waals surface area contributed by atoms with Crippen molar-refractivity contribution in [2.24, 2.45) is 28.9 Å². The molecule has 7 rings (SSSR count). The number of pyridine rings is 1. The number of rotatable bonds is 6. The van der Waals surface area contributed by atoms with E-state index in [9.17, 15) is 9.59 Å². The summed E-state index contributed by atoms with van der Waals surface area (Å²) >= 11 is 0.